The van der Waals surface area contributed by atoms with Crippen LogP contribution in [0.1, 0.15) is 31.9 Å². The molecule has 0 radical (unpaired) electrons. The lowest BCUT2D eigenvalue weighted by Crippen LogP contribution is -2.52. The molecule has 2 aromatic heterocycles. The maximum absolute atomic E-state index is 13.0. The van der Waals surface area contributed by atoms with Crippen molar-refractivity contribution in [3.05, 3.63) is 45.7 Å². The highest BCUT2D eigenvalue weighted by atomic mass is 32.1. The Bertz CT molecular complexity index is 841. The number of urea groups is 1. The van der Waals surface area contributed by atoms with Gasteiger partial charge in [-0.3, -0.25) is 4.79 Å². The normalized spacial score (nSPS) is 22.0. The molecule has 132 valence electrons. The van der Waals surface area contributed by atoms with Gasteiger partial charge in [0.1, 0.15) is 0 Å². The number of amides is 2. The van der Waals surface area contributed by atoms with E-state index in [1.165, 1.54) is 0 Å². The molecular weight excluding hydrogens is 334 g/mol. The topological polar surface area (TPSA) is 54.3 Å². The molecule has 2 aromatic rings. The molecule has 6 heteroatoms. The first kappa shape index (κ1) is 16.4. The summed E-state index contributed by atoms with van der Waals surface area (Å²) in [4.78, 5) is 28.3. The summed E-state index contributed by atoms with van der Waals surface area (Å²) in [6.45, 7) is 6.07. The second-order valence-corrected chi connectivity index (χ2v) is 8.32. The van der Waals surface area contributed by atoms with Gasteiger partial charge in [0.05, 0.1) is 5.56 Å². The van der Waals surface area contributed by atoms with Gasteiger partial charge in [-0.05, 0) is 49.8 Å². The van der Waals surface area contributed by atoms with Crippen LogP contribution in [-0.2, 0) is 6.54 Å². The maximum Gasteiger partial charge on any atom is 0.317 e. The minimum Gasteiger partial charge on any atom is -0.336 e. The summed E-state index contributed by atoms with van der Waals surface area (Å²) in [6.07, 6.45) is 1.06. The molecule has 0 saturated carbocycles. The number of hydrogen-bond donors (Lipinski definition) is 1. The Labute approximate surface area is 151 Å². The predicted octanol–water partition coefficient (Wildman–Crippen LogP) is 3.11. The van der Waals surface area contributed by atoms with E-state index >= 15 is 0 Å². The summed E-state index contributed by atoms with van der Waals surface area (Å²) in [6, 6.07) is 8.15. The average Bonchev–Trinajstić information content (AvgIpc) is 3.09. The third kappa shape index (κ3) is 2.99. The molecule has 0 spiro atoms. The van der Waals surface area contributed by atoms with Crippen LogP contribution in [0.15, 0.2) is 34.4 Å². The van der Waals surface area contributed by atoms with Gasteiger partial charge in [-0.15, -0.1) is 11.3 Å². The molecule has 5 nitrogen and oxygen atoms in total. The van der Waals surface area contributed by atoms with Crippen LogP contribution in [0.3, 0.4) is 0 Å². The Morgan fingerprint density at radius 2 is 2.08 bits per heavy atom. The lowest BCUT2D eigenvalue weighted by atomic mass is 9.83. The van der Waals surface area contributed by atoms with E-state index < -0.39 is 0 Å². The van der Waals surface area contributed by atoms with Crippen LogP contribution in [0.4, 0.5) is 4.79 Å². The summed E-state index contributed by atoms with van der Waals surface area (Å²) < 4.78 is 1.95. The molecule has 4 heterocycles. The summed E-state index contributed by atoms with van der Waals surface area (Å²) >= 11 is 1.60. The fourth-order valence-corrected chi connectivity index (χ4v) is 4.81. The minimum absolute atomic E-state index is 0.00991. The van der Waals surface area contributed by atoms with Gasteiger partial charge in [0, 0.05) is 42.2 Å². The summed E-state index contributed by atoms with van der Waals surface area (Å²) in [5.74, 6) is 0.593. The van der Waals surface area contributed by atoms with Crippen LogP contribution < -0.4 is 10.9 Å². The van der Waals surface area contributed by atoms with Crippen LogP contribution in [0.5, 0.6) is 0 Å². The summed E-state index contributed by atoms with van der Waals surface area (Å²) in [7, 11) is 0. The van der Waals surface area contributed by atoms with E-state index in [2.05, 4.69) is 11.4 Å². The van der Waals surface area contributed by atoms with Crippen molar-refractivity contribution >= 4 is 17.4 Å². The molecule has 1 N–H and O–H groups in total. The molecule has 2 aliphatic heterocycles. The second kappa shape index (κ2) is 6.33. The van der Waals surface area contributed by atoms with Crippen molar-refractivity contribution in [1.29, 1.82) is 0 Å². The quantitative estimate of drug-likeness (QED) is 0.898. The molecule has 1 fully saturated rings. The fourth-order valence-electron chi connectivity index (χ4n) is 4.07. The smallest absolute Gasteiger partial charge is 0.317 e. The second-order valence-electron chi connectivity index (χ2n) is 7.37. The van der Waals surface area contributed by atoms with Gasteiger partial charge in [0.2, 0.25) is 0 Å². The van der Waals surface area contributed by atoms with Gasteiger partial charge < -0.3 is 14.8 Å². The minimum atomic E-state index is 0.00991. The molecule has 25 heavy (non-hydrogen) atoms. The monoisotopic (exact) mass is 357 g/mol. The molecule has 1 saturated heterocycles. The van der Waals surface area contributed by atoms with E-state index in [9.17, 15) is 9.59 Å². The number of nitrogens with zero attached hydrogens (tertiary/aromatic N) is 2. The van der Waals surface area contributed by atoms with Gasteiger partial charge in [0.25, 0.3) is 5.56 Å². The summed E-state index contributed by atoms with van der Waals surface area (Å²) in [5, 5.41) is 4.98. The van der Waals surface area contributed by atoms with E-state index in [1.807, 2.05) is 46.9 Å². The Hall–Kier alpha value is -2.08. The summed E-state index contributed by atoms with van der Waals surface area (Å²) in [5.41, 5.74) is 1.96. The van der Waals surface area contributed by atoms with Gasteiger partial charge in [-0.1, -0.05) is 6.07 Å². The van der Waals surface area contributed by atoms with E-state index in [0.29, 0.717) is 19.0 Å². The number of rotatable bonds is 2. The van der Waals surface area contributed by atoms with Crippen molar-refractivity contribution in [1.82, 2.24) is 14.8 Å². The zero-order chi connectivity index (χ0) is 17.6. The number of likely N-dealkylation sites (tertiary alicyclic amines) is 1. The van der Waals surface area contributed by atoms with Crippen LogP contribution in [-0.4, -0.2) is 34.6 Å². The lowest BCUT2D eigenvalue weighted by Gasteiger charge is -2.43. The van der Waals surface area contributed by atoms with Crippen molar-refractivity contribution in [3.8, 4) is 10.4 Å². The number of nitrogens with one attached hydrogen (secondary N) is 1. The van der Waals surface area contributed by atoms with E-state index in [4.69, 9.17) is 0 Å². The van der Waals surface area contributed by atoms with Crippen molar-refractivity contribution in [2.24, 2.45) is 5.92 Å². The van der Waals surface area contributed by atoms with Gasteiger partial charge in [-0.25, -0.2) is 4.79 Å². The zero-order valence-electron chi connectivity index (χ0n) is 14.6. The predicted molar refractivity (Wildman–Crippen MR) is 100 cm³/mol. The van der Waals surface area contributed by atoms with Crippen LogP contribution >= 0.6 is 11.3 Å². The molecule has 2 atom stereocenters. The molecule has 0 aliphatic carbocycles. The van der Waals surface area contributed by atoms with Crippen molar-refractivity contribution in [2.75, 3.05) is 13.1 Å². The van der Waals surface area contributed by atoms with Crippen LogP contribution in [0, 0.1) is 5.92 Å². The molecule has 2 aliphatic rings. The van der Waals surface area contributed by atoms with Crippen molar-refractivity contribution in [2.45, 2.75) is 38.8 Å². The number of carbonyl (C=O) groups excluding carboxylic acids is 1. The first-order chi connectivity index (χ1) is 12.0. The highest BCUT2D eigenvalue weighted by Crippen LogP contribution is 2.36. The first-order valence-electron chi connectivity index (χ1n) is 8.86. The highest BCUT2D eigenvalue weighted by Gasteiger charge is 2.36. The number of aromatic nitrogens is 1. The lowest BCUT2D eigenvalue weighted by molar-refractivity contribution is 0.130. The number of hydrogen-bond acceptors (Lipinski definition) is 3. The molecular formula is C19H23N3O2S. The Morgan fingerprint density at radius 1 is 1.24 bits per heavy atom. The number of pyridine rings is 1. The number of thiophene rings is 1. The van der Waals surface area contributed by atoms with Crippen LogP contribution in [0.25, 0.3) is 10.4 Å². The van der Waals surface area contributed by atoms with Gasteiger partial charge >= 0.3 is 6.03 Å². The van der Waals surface area contributed by atoms with Crippen LogP contribution in [0.2, 0.25) is 0 Å². The maximum atomic E-state index is 13.0. The van der Waals surface area contributed by atoms with Crippen molar-refractivity contribution < 1.29 is 4.79 Å². The zero-order valence-corrected chi connectivity index (χ0v) is 15.4. The van der Waals surface area contributed by atoms with Crippen molar-refractivity contribution in [3.63, 3.8) is 0 Å². The largest absolute Gasteiger partial charge is 0.336 e. The average molecular weight is 357 g/mol. The first-order valence-corrected chi connectivity index (χ1v) is 9.74. The van der Waals surface area contributed by atoms with E-state index in [-0.39, 0.29) is 23.6 Å². The Balaban J connectivity index is 1.64. The molecule has 0 unspecified atom stereocenters. The van der Waals surface area contributed by atoms with Gasteiger partial charge in [0.15, 0.2) is 0 Å². The van der Waals surface area contributed by atoms with E-state index in [0.717, 1.165) is 29.1 Å². The molecule has 0 aromatic carbocycles. The third-order valence-electron chi connectivity index (χ3n) is 5.09. The standard InChI is InChI=1S/C19H23N3O2S/c1-12(2)20-19(24)21-9-13-8-14(11-21)16-6-5-15(17-4-3-7-25-17)18(23)22(16)10-13/h3-7,12-14H,8-11H2,1-2H3,(H,20,24)/t13-,14+/m0/s1. The fraction of sp³-hybridized carbons (Fsp3) is 0.474. The SMILES string of the molecule is CC(C)NC(=O)N1C[C@@H]2C[C@H](C1)c1ccc(-c3cccs3)c(=O)n1C2. The highest BCUT2D eigenvalue weighted by molar-refractivity contribution is 7.13. The third-order valence-corrected chi connectivity index (χ3v) is 5.99. The van der Waals surface area contributed by atoms with E-state index in [1.54, 1.807) is 11.3 Å². The Kier molecular flexibility index (Phi) is 4.15. The molecule has 2 bridgehead atoms. The molecule has 4 rings (SSSR count). The number of fused-ring (bicyclic) bond motifs is 4. The molecule has 2 amide bonds. The Morgan fingerprint density at radius 3 is 2.80 bits per heavy atom. The number of piperidine rings is 1. The van der Waals surface area contributed by atoms with Gasteiger partial charge in [-0.2, -0.15) is 0 Å². The number of carbonyl (C=O) groups is 1.